The minimum absolute atomic E-state index is 0.378. The molecule has 0 bridgehead atoms. The van der Waals surface area contributed by atoms with Gasteiger partial charge in [0.2, 0.25) is 0 Å². The van der Waals surface area contributed by atoms with Gasteiger partial charge in [-0.1, -0.05) is 47.0 Å². The number of benzene rings is 1. The van der Waals surface area contributed by atoms with Gasteiger partial charge in [0, 0.05) is 11.5 Å². The summed E-state index contributed by atoms with van der Waals surface area (Å²) in [6.45, 7) is 8.46. The number of methoxy groups -OCH3 is 2. The van der Waals surface area contributed by atoms with E-state index in [9.17, 15) is 5.11 Å². The summed E-state index contributed by atoms with van der Waals surface area (Å²) >= 11 is 0. The molecule has 1 aromatic carbocycles. The second kappa shape index (κ2) is 7.87. The van der Waals surface area contributed by atoms with Gasteiger partial charge in [-0.2, -0.15) is 0 Å². The lowest BCUT2D eigenvalue weighted by Gasteiger charge is -2.43. The van der Waals surface area contributed by atoms with Crippen LogP contribution < -0.4 is 9.47 Å². The topological polar surface area (TPSA) is 38.7 Å². The zero-order chi connectivity index (χ0) is 16.8. The molecular formula is C19H32O3. The molecule has 0 aliphatic heterocycles. The van der Waals surface area contributed by atoms with Gasteiger partial charge in [0.25, 0.3) is 0 Å². The SMILES string of the molecule is CCCCCC(O)(CC)C(C)(C)c1cc(OC)cc(OC)c1. The molecule has 0 saturated carbocycles. The van der Waals surface area contributed by atoms with Crippen LogP contribution in [0.1, 0.15) is 65.4 Å². The van der Waals surface area contributed by atoms with E-state index < -0.39 is 5.60 Å². The van der Waals surface area contributed by atoms with Crippen molar-refractivity contribution in [1.29, 1.82) is 0 Å². The van der Waals surface area contributed by atoms with Crippen molar-refractivity contribution in [2.75, 3.05) is 14.2 Å². The molecular weight excluding hydrogens is 276 g/mol. The van der Waals surface area contributed by atoms with Gasteiger partial charge in [0.1, 0.15) is 11.5 Å². The summed E-state index contributed by atoms with van der Waals surface area (Å²) in [5.41, 5.74) is -0.0684. The number of ether oxygens (including phenoxy) is 2. The molecule has 1 atom stereocenters. The van der Waals surface area contributed by atoms with Crippen LogP contribution in [0.2, 0.25) is 0 Å². The van der Waals surface area contributed by atoms with Crippen molar-refractivity contribution in [2.24, 2.45) is 0 Å². The number of hydrogen-bond donors (Lipinski definition) is 1. The van der Waals surface area contributed by atoms with Crippen LogP contribution in [0.15, 0.2) is 18.2 Å². The molecule has 22 heavy (non-hydrogen) atoms. The molecule has 1 rings (SSSR count). The average molecular weight is 308 g/mol. The first-order valence-electron chi connectivity index (χ1n) is 8.30. The lowest BCUT2D eigenvalue weighted by molar-refractivity contribution is -0.0389. The van der Waals surface area contributed by atoms with E-state index in [1.807, 2.05) is 18.2 Å². The fourth-order valence-corrected chi connectivity index (χ4v) is 3.04. The third kappa shape index (κ3) is 3.95. The first-order valence-corrected chi connectivity index (χ1v) is 8.30. The van der Waals surface area contributed by atoms with Gasteiger partial charge in [-0.3, -0.25) is 0 Å². The third-order valence-electron chi connectivity index (χ3n) is 5.02. The monoisotopic (exact) mass is 308 g/mol. The molecule has 3 heteroatoms. The lowest BCUT2D eigenvalue weighted by Crippen LogP contribution is -2.47. The predicted octanol–water partition coefficient (Wildman–Crippen LogP) is 4.70. The molecule has 0 aliphatic rings. The standard InChI is InChI=1S/C19H32O3/c1-7-9-10-11-19(20,8-2)18(3,4)15-12-16(21-5)14-17(13-15)22-6/h12-14,20H,7-11H2,1-6H3. The number of hydrogen-bond acceptors (Lipinski definition) is 3. The van der Waals surface area contributed by atoms with Gasteiger partial charge in [-0.15, -0.1) is 0 Å². The lowest BCUT2D eigenvalue weighted by atomic mass is 9.66. The van der Waals surface area contributed by atoms with Crippen LogP contribution >= 0.6 is 0 Å². The third-order valence-corrected chi connectivity index (χ3v) is 5.02. The maximum atomic E-state index is 11.3. The van der Waals surface area contributed by atoms with Gasteiger partial charge in [0.15, 0.2) is 0 Å². The van der Waals surface area contributed by atoms with Gasteiger partial charge in [0.05, 0.1) is 19.8 Å². The van der Waals surface area contributed by atoms with Crippen molar-refractivity contribution in [1.82, 2.24) is 0 Å². The van der Waals surface area contributed by atoms with Gasteiger partial charge in [-0.25, -0.2) is 0 Å². The fraction of sp³-hybridized carbons (Fsp3) is 0.684. The highest BCUT2D eigenvalue weighted by Gasteiger charge is 2.43. The van der Waals surface area contributed by atoms with Crippen LogP contribution in [0, 0.1) is 0 Å². The number of aliphatic hydroxyl groups is 1. The van der Waals surface area contributed by atoms with Gasteiger partial charge >= 0.3 is 0 Å². The van der Waals surface area contributed by atoms with Crippen molar-refractivity contribution in [3.63, 3.8) is 0 Å². The van der Waals surface area contributed by atoms with Crippen molar-refractivity contribution in [3.05, 3.63) is 23.8 Å². The van der Waals surface area contributed by atoms with E-state index in [1.54, 1.807) is 14.2 Å². The molecule has 3 nitrogen and oxygen atoms in total. The van der Waals surface area contributed by atoms with Crippen molar-refractivity contribution in [2.45, 2.75) is 70.8 Å². The Morgan fingerprint density at radius 2 is 1.50 bits per heavy atom. The van der Waals surface area contributed by atoms with Crippen molar-refractivity contribution >= 4 is 0 Å². The summed E-state index contributed by atoms with van der Waals surface area (Å²) in [4.78, 5) is 0. The molecule has 0 heterocycles. The summed E-state index contributed by atoms with van der Waals surface area (Å²) in [6.07, 6.45) is 4.89. The molecule has 0 radical (unpaired) electrons. The first kappa shape index (κ1) is 18.8. The molecule has 1 unspecified atom stereocenters. The smallest absolute Gasteiger partial charge is 0.122 e. The van der Waals surface area contributed by atoms with Crippen molar-refractivity contribution < 1.29 is 14.6 Å². The Morgan fingerprint density at radius 3 is 1.91 bits per heavy atom. The van der Waals surface area contributed by atoms with Crippen LogP contribution in [0.25, 0.3) is 0 Å². The molecule has 126 valence electrons. The van der Waals surface area contributed by atoms with Crippen LogP contribution in [0.5, 0.6) is 11.5 Å². The van der Waals surface area contributed by atoms with Crippen molar-refractivity contribution in [3.8, 4) is 11.5 Å². The van der Waals surface area contributed by atoms with E-state index >= 15 is 0 Å². The quantitative estimate of drug-likeness (QED) is 0.672. The number of rotatable bonds is 9. The maximum Gasteiger partial charge on any atom is 0.122 e. The summed E-state index contributed by atoms with van der Waals surface area (Å²) in [5.74, 6) is 1.52. The minimum atomic E-state index is -0.737. The normalized spacial score (nSPS) is 14.5. The molecule has 0 saturated heterocycles. The highest BCUT2D eigenvalue weighted by atomic mass is 16.5. The van der Waals surface area contributed by atoms with E-state index in [0.29, 0.717) is 0 Å². The van der Waals surface area contributed by atoms with E-state index in [1.165, 1.54) is 0 Å². The Labute approximate surface area is 135 Å². The van der Waals surface area contributed by atoms with Gasteiger partial charge < -0.3 is 14.6 Å². The van der Waals surface area contributed by atoms with Crippen LogP contribution in [0.4, 0.5) is 0 Å². The maximum absolute atomic E-state index is 11.3. The Balaban J connectivity index is 3.18. The van der Waals surface area contributed by atoms with Gasteiger partial charge in [-0.05, 0) is 30.5 Å². The summed E-state index contributed by atoms with van der Waals surface area (Å²) in [5, 5.41) is 11.3. The van der Waals surface area contributed by atoms with Crippen LogP contribution in [-0.4, -0.2) is 24.9 Å². The fourth-order valence-electron chi connectivity index (χ4n) is 3.04. The zero-order valence-corrected chi connectivity index (χ0v) is 15.0. The zero-order valence-electron chi connectivity index (χ0n) is 15.0. The van der Waals surface area contributed by atoms with E-state index in [2.05, 4.69) is 27.7 Å². The molecule has 0 spiro atoms. The average Bonchev–Trinajstić information content (AvgIpc) is 2.53. The predicted molar refractivity (Wildman–Crippen MR) is 92.0 cm³/mol. The molecule has 0 aromatic heterocycles. The number of unbranched alkanes of at least 4 members (excludes halogenated alkanes) is 2. The van der Waals surface area contributed by atoms with Crippen LogP contribution in [0.3, 0.4) is 0 Å². The molecule has 0 aliphatic carbocycles. The largest absolute Gasteiger partial charge is 0.497 e. The summed E-state index contributed by atoms with van der Waals surface area (Å²) in [7, 11) is 3.30. The Kier molecular flexibility index (Phi) is 6.73. The second-order valence-corrected chi connectivity index (χ2v) is 6.57. The Hall–Kier alpha value is -1.22. The Bertz CT molecular complexity index is 445. The van der Waals surface area contributed by atoms with E-state index in [-0.39, 0.29) is 5.41 Å². The minimum Gasteiger partial charge on any atom is -0.497 e. The van der Waals surface area contributed by atoms with Crippen LogP contribution in [-0.2, 0) is 5.41 Å². The van der Waals surface area contributed by atoms with E-state index in [0.717, 1.165) is 49.2 Å². The molecule has 0 fully saturated rings. The summed E-state index contributed by atoms with van der Waals surface area (Å²) in [6, 6.07) is 5.87. The molecule has 1 aromatic rings. The highest BCUT2D eigenvalue weighted by Crippen LogP contribution is 2.42. The first-order chi connectivity index (χ1) is 10.3. The summed E-state index contributed by atoms with van der Waals surface area (Å²) < 4.78 is 10.8. The Morgan fingerprint density at radius 1 is 0.955 bits per heavy atom. The second-order valence-electron chi connectivity index (χ2n) is 6.57. The highest BCUT2D eigenvalue weighted by molar-refractivity contribution is 5.42. The van der Waals surface area contributed by atoms with E-state index in [4.69, 9.17) is 9.47 Å². The molecule has 1 N–H and O–H groups in total. The molecule has 0 amide bonds.